The molecule has 12 nitrogen and oxygen atoms in total. The third-order valence-corrected chi connectivity index (χ3v) is 18.4. The summed E-state index contributed by atoms with van der Waals surface area (Å²) in [4.78, 5) is 77.0. The molecule has 0 radical (unpaired) electrons. The van der Waals surface area contributed by atoms with E-state index in [0.29, 0.717) is 90.0 Å². The van der Waals surface area contributed by atoms with Crippen LogP contribution in [0.2, 0.25) is 0 Å². The van der Waals surface area contributed by atoms with Crippen molar-refractivity contribution in [2.75, 3.05) is 39.6 Å². The fourth-order valence-electron chi connectivity index (χ4n) is 12.5. The monoisotopic (exact) mass is 1250 g/mol. The van der Waals surface area contributed by atoms with Gasteiger partial charge < -0.3 is 28.4 Å². The van der Waals surface area contributed by atoms with Gasteiger partial charge in [0.25, 0.3) is 0 Å². The average Bonchev–Trinajstić information content (AvgIpc) is 2.42. The minimum absolute atomic E-state index is 0.341. The van der Waals surface area contributed by atoms with Crippen molar-refractivity contribution < 1.29 is 57.2 Å². The molecular weight excluding hydrogens is 1100 g/mol. The van der Waals surface area contributed by atoms with Gasteiger partial charge in [-0.2, -0.15) is 0 Å². The Balaban J connectivity index is 0.000000661. The van der Waals surface area contributed by atoms with Gasteiger partial charge >= 0.3 is 35.8 Å². The summed E-state index contributed by atoms with van der Waals surface area (Å²) in [7, 11) is 0. The lowest BCUT2D eigenvalue weighted by Gasteiger charge is -2.32. The second-order valence-corrected chi connectivity index (χ2v) is 29.6. The number of carbonyl (C=O) groups is 6. The minimum atomic E-state index is -1.05. The molecule has 3 saturated carbocycles. The highest BCUT2D eigenvalue weighted by atomic mass is 16.6. The van der Waals surface area contributed by atoms with Crippen LogP contribution in [0.4, 0.5) is 0 Å². The molecule has 0 amide bonds. The number of unbranched alkanes of at least 4 members (excludes halogenated alkanes) is 16. The van der Waals surface area contributed by atoms with E-state index in [4.69, 9.17) is 28.4 Å². The molecule has 0 spiro atoms. The Kier molecular flexibility index (Phi) is 48.3. The predicted molar refractivity (Wildman–Crippen MR) is 361 cm³/mol. The van der Waals surface area contributed by atoms with Crippen molar-refractivity contribution in [1.82, 2.24) is 0 Å². The molecular formula is C76H140O12. The second-order valence-electron chi connectivity index (χ2n) is 29.6. The third-order valence-electron chi connectivity index (χ3n) is 18.4. The molecule has 0 heterocycles. The minimum Gasteiger partial charge on any atom is -0.465 e. The van der Waals surface area contributed by atoms with Crippen LogP contribution in [0.3, 0.4) is 0 Å². The summed E-state index contributed by atoms with van der Waals surface area (Å²) in [5.74, 6) is 2.37. The number of esters is 6. The largest absolute Gasteiger partial charge is 0.465 e. The molecule has 0 aromatic heterocycles. The Labute approximate surface area is 541 Å². The molecule has 0 aromatic rings. The van der Waals surface area contributed by atoms with Gasteiger partial charge in [-0.3, -0.25) is 28.8 Å². The zero-order valence-electron chi connectivity index (χ0n) is 59.5. The molecule has 12 heteroatoms. The van der Waals surface area contributed by atoms with E-state index in [1.165, 1.54) is 103 Å². The predicted octanol–water partition coefficient (Wildman–Crippen LogP) is 20.9. The van der Waals surface area contributed by atoms with Crippen molar-refractivity contribution in [3.8, 4) is 0 Å². The van der Waals surface area contributed by atoms with Crippen molar-refractivity contribution in [1.29, 1.82) is 0 Å². The van der Waals surface area contributed by atoms with Gasteiger partial charge in [0, 0.05) is 0 Å². The topological polar surface area (TPSA) is 158 Å². The molecule has 0 unspecified atom stereocenters. The van der Waals surface area contributed by atoms with Crippen molar-refractivity contribution >= 4 is 35.8 Å². The highest BCUT2D eigenvalue weighted by Crippen LogP contribution is 2.41. The van der Waals surface area contributed by atoms with Crippen molar-refractivity contribution in [2.24, 2.45) is 51.8 Å². The summed E-state index contributed by atoms with van der Waals surface area (Å²) < 4.78 is 33.4. The fourth-order valence-corrected chi connectivity index (χ4v) is 12.5. The summed E-state index contributed by atoms with van der Waals surface area (Å²) in [6.07, 6.45) is 43.2. The number of hydrogen-bond donors (Lipinski definition) is 0. The van der Waals surface area contributed by atoms with Crippen LogP contribution < -0.4 is 0 Å². The number of carbonyl (C=O) groups excluding carboxylic acids is 6. The molecule has 0 N–H and O–H groups in total. The van der Waals surface area contributed by atoms with Crippen LogP contribution in [-0.4, -0.2) is 75.5 Å². The molecule has 0 aliphatic heterocycles. The maximum atomic E-state index is 12.9. The zero-order valence-corrected chi connectivity index (χ0v) is 59.5. The van der Waals surface area contributed by atoms with E-state index < -0.39 is 16.2 Å². The van der Waals surface area contributed by atoms with Gasteiger partial charge in [0.15, 0.2) is 16.2 Å². The van der Waals surface area contributed by atoms with Gasteiger partial charge in [-0.25, -0.2) is 0 Å². The Hall–Kier alpha value is -3.18. The summed E-state index contributed by atoms with van der Waals surface area (Å²) >= 11 is 0. The fraction of sp³-hybridized carbons (Fsp3) is 0.921. The quantitative estimate of drug-likeness (QED) is 0.0246. The number of ether oxygens (including phenoxy) is 6. The normalized spacial score (nSPS) is 16.2. The van der Waals surface area contributed by atoms with Crippen molar-refractivity contribution in [3.63, 3.8) is 0 Å². The van der Waals surface area contributed by atoms with Crippen LogP contribution in [0, 0.1) is 51.8 Å². The van der Waals surface area contributed by atoms with Crippen LogP contribution in [-0.2, 0) is 57.2 Å². The SMILES string of the molecule is CC(C)CCCCCCOC(=O)C1(C(=O)OCCCCCCC(C)C)CCCCC1.CC(C)CCCCCCOC(=O)C1(C(=O)OCCCCCCC(C)C)CCCCC1.CC(C)CCCCCOC(=O)C1(C(=O)OCCCCCC(C)C)CCCCC1. The van der Waals surface area contributed by atoms with Crippen LogP contribution in [0.25, 0.3) is 0 Å². The first-order valence-electron chi connectivity index (χ1n) is 37.2. The van der Waals surface area contributed by atoms with E-state index in [-0.39, 0.29) is 35.8 Å². The lowest BCUT2D eigenvalue weighted by atomic mass is 9.74. The molecule has 3 aliphatic rings. The molecule has 3 rings (SSSR count). The van der Waals surface area contributed by atoms with Gasteiger partial charge in [0.05, 0.1) is 39.6 Å². The Morgan fingerprint density at radius 1 is 0.216 bits per heavy atom. The molecule has 3 fully saturated rings. The van der Waals surface area contributed by atoms with Crippen LogP contribution in [0.1, 0.15) is 359 Å². The Bertz CT molecular complexity index is 1570. The van der Waals surface area contributed by atoms with Crippen LogP contribution in [0.5, 0.6) is 0 Å². The first-order valence-corrected chi connectivity index (χ1v) is 37.2. The van der Waals surface area contributed by atoms with E-state index >= 15 is 0 Å². The Morgan fingerprint density at radius 2 is 0.352 bits per heavy atom. The lowest BCUT2D eigenvalue weighted by Crippen LogP contribution is -2.43. The van der Waals surface area contributed by atoms with E-state index in [1.54, 1.807) is 0 Å². The van der Waals surface area contributed by atoms with Gasteiger partial charge in [-0.05, 0) is 113 Å². The van der Waals surface area contributed by atoms with Gasteiger partial charge in [0.1, 0.15) is 0 Å². The van der Waals surface area contributed by atoms with Crippen molar-refractivity contribution in [3.05, 3.63) is 0 Å². The van der Waals surface area contributed by atoms with Gasteiger partial charge in [-0.1, -0.05) is 282 Å². The Morgan fingerprint density at radius 3 is 0.500 bits per heavy atom. The molecule has 0 aromatic carbocycles. The zero-order chi connectivity index (χ0) is 65.3. The van der Waals surface area contributed by atoms with Gasteiger partial charge in [0.2, 0.25) is 0 Å². The molecule has 0 saturated heterocycles. The summed E-state index contributed by atoms with van der Waals surface area (Å²) in [6, 6.07) is 0. The maximum absolute atomic E-state index is 12.9. The molecule has 0 bridgehead atoms. The van der Waals surface area contributed by atoms with E-state index in [0.717, 1.165) is 159 Å². The van der Waals surface area contributed by atoms with Crippen LogP contribution >= 0.6 is 0 Å². The number of rotatable bonds is 46. The molecule has 3 aliphatic carbocycles. The molecule has 516 valence electrons. The van der Waals surface area contributed by atoms with Gasteiger partial charge in [-0.15, -0.1) is 0 Å². The molecule has 88 heavy (non-hydrogen) atoms. The summed E-state index contributed by atoms with van der Waals surface area (Å²) in [5, 5.41) is 0. The van der Waals surface area contributed by atoms with E-state index in [9.17, 15) is 28.8 Å². The standard InChI is InChI=1S/2C26H48O4.C24H44O4/c2*1-22(2)16-10-5-7-14-20-29-24(27)26(18-12-9-13-19-26)25(28)30-21-15-8-6-11-17-23(3)4;1-20(2)14-8-5-12-18-27-22(25)24(16-10-7-11-17-24)23(26)28-19-13-6-9-15-21(3)4/h2*22-23H,5-21H2,1-4H3;20-21H,5-19H2,1-4H3. The summed E-state index contributed by atoms with van der Waals surface area (Å²) in [6.45, 7) is 29.4. The van der Waals surface area contributed by atoms with E-state index in [2.05, 4.69) is 83.1 Å². The average molecular weight is 1250 g/mol. The smallest absolute Gasteiger partial charge is 0.323 e. The first-order chi connectivity index (χ1) is 42.1. The van der Waals surface area contributed by atoms with Crippen molar-refractivity contribution in [2.45, 2.75) is 359 Å². The maximum Gasteiger partial charge on any atom is 0.323 e. The first kappa shape index (κ1) is 82.8. The number of hydrogen-bond acceptors (Lipinski definition) is 12. The van der Waals surface area contributed by atoms with E-state index in [1.807, 2.05) is 0 Å². The lowest BCUT2D eigenvalue weighted by molar-refractivity contribution is -0.177. The second kappa shape index (κ2) is 51.3. The van der Waals surface area contributed by atoms with Crippen LogP contribution in [0.15, 0.2) is 0 Å². The third kappa shape index (κ3) is 38.0. The highest BCUT2D eigenvalue weighted by Gasteiger charge is 2.51. The summed E-state index contributed by atoms with van der Waals surface area (Å²) in [5.41, 5.74) is -3.14. The molecule has 0 atom stereocenters. The highest BCUT2D eigenvalue weighted by molar-refractivity contribution is 6.01.